The third-order valence-corrected chi connectivity index (χ3v) is 7.48. The Morgan fingerprint density at radius 2 is 1.11 bits per heavy atom. The van der Waals surface area contributed by atoms with Gasteiger partial charge in [-0.15, -0.1) is 0 Å². The second kappa shape index (κ2) is 13.0. The van der Waals surface area contributed by atoms with Crippen molar-refractivity contribution in [2.45, 2.75) is 70.2 Å². The van der Waals surface area contributed by atoms with Gasteiger partial charge >= 0.3 is 63.4 Å². The minimum Gasteiger partial charge on any atom is -0.474 e. The van der Waals surface area contributed by atoms with Gasteiger partial charge in [0.05, 0.1) is 6.42 Å². The molecule has 44 heavy (non-hydrogen) atoms. The molecule has 240 valence electrons. The van der Waals surface area contributed by atoms with Crippen molar-refractivity contribution in [2.75, 3.05) is 0 Å². The van der Waals surface area contributed by atoms with Gasteiger partial charge in [0.1, 0.15) is 24.3 Å². The summed E-state index contributed by atoms with van der Waals surface area (Å²) in [5, 5.41) is 0. The Morgan fingerprint density at radius 3 is 1.50 bits per heavy atom. The smallest absolute Gasteiger partial charge is 0.193 e. The average Bonchev–Trinajstić information content (AvgIpc) is 3.68. The van der Waals surface area contributed by atoms with Crippen molar-refractivity contribution in [2.24, 2.45) is 9.98 Å². The predicted octanol–water partition coefficient (Wildman–Crippen LogP) is 9.51. The van der Waals surface area contributed by atoms with Crippen molar-refractivity contribution in [3.63, 3.8) is 0 Å². The number of halogens is 7. The Balaban J connectivity index is 0.000000194. The van der Waals surface area contributed by atoms with Crippen molar-refractivity contribution < 1.29 is 43.7 Å². The van der Waals surface area contributed by atoms with Gasteiger partial charge in [-0.1, -0.05) is 92.2 Å². The number of rotatable bonds is 3. The second-order valence-electron chi connectivity index (χ2n) is 11.3. The summed E-state index contributed by atoms with van der Waals surface area (Å²) >= 11 is -9.43. The van der Waals surface area contributed by atoms with Crippen LogP contribution in [0, 0.1) is 6.92 Å². The van der Waals surface area contributed by atoms with Crippen LogP contribution in [0.1, 0.15) is 71.7 Å². The summed E-state index contributed by atoms with van der Waals surface area (Å²) in [6, 6.07) is 26.0. The van der Waals surface area contributed by atoms with Crippen LogP contribution in [0.4, 0.5) is 16.9 Å². The third kappa shape index (κ3) is 9.96. The molecule has 2 aliphatic heterocycles. The molecule has 4 nitrogen and oxygen atoms in total. The van der Waals surface area contributed by atoms with Gasteiger partial charge in [-0.3, -0.25) is 0 Å². The fourth-order valence-corrected chi connectivity index (χ4v) is 5.57. The molecule has 0 unspecified atom stereocenters. The van der Waals surface area contributed by atoms with Crippen molar-refractivity contribution in [3.05, 3.63) is 106 Å². The molecule has 0 fully saturated rings. The number of ether oxygens (including phenoxy) is 2. The van der Waals surface area contributed by atoms with Crippen molar-refractivity contribution in [3.8, 4) is 0 Å². The Kier molecular flexibility index (Phi) is 10.2. The van der Waals surface area contributed by atoms with E-state index in [2.05, 4.69) is 103 Å². The number of aliphatic imine (C=N–C) groups is 2. The van der Waals surface area contributed by atoms with Crippen LogP contribution in [0.15, 0.2) is 82.8 Å². The molecular weight excluding hydrogens is 805 g/mol. The zero-order chi connectivity index (χ0) is 32.3. The minimum atomic E-state index is -11.2. The van der Waals surface area contributed by atoms with Gasteiger partial charge in [-0.25, -0.2) is 9.98 Å². The summed E-state index contributed by atoms with van der Waals surface area (Å²) in [5.41, 5.74) is 8.10. The van der Waals surface area contributed by atoms with Gasteiger partial charge in [-0.05, 0) is 40.7 Å². The third-order valence-electron chi connectivity index (χ3n) is 7.48. The van der Waals surface area contributed by atoms with Crippen LogP contribution < -0.4 is 0 Å². The van der Waals surface area contributed by atoms with E-state index in [1.807, 2.05) is 17.3 Å². The fourth-order valence-electron chi connectivity index (χ4n) is 5.57. The van der Waals surface area contributed by atoms with Crippen LogP contribution in [0.25, 0.3) is 0 Å². The Hall–Kier alpha value is -2.09. The molecule has 3 aromatic rings. The normalized spacial score (nSPS) is 23.5. The molecule has 0 spiro atoms. The van der Waals surface area contributed by atoms with Crippen LogP contribution in [-0.2, 0) is 39.6 Å². The summed E-state index contributed by atoms with van der Waals surface area (Å²) < 4.78 is 71.8. The zero-order valence-corrected chi connectivity index (χ0v) is 29.1. The molecule has 4 atom stereocenters. The van der Waals surface area contributed by atoms with Gasteiger partial charge < -0.3 is 9.47 Å². The van der Waals surface area contributed by atoms with Crippen LogP contribution in [0.5, 0.6) is 0 Å². The molecule has 2 aliphatic carbocycles. The molecule has 0 N–H and O–H groups in total. The second-order valence-corrected chi connectivity index (χ2v) is 16.7. The molecule has 0 bridgehead atoms. The van der Waals surface area contributed by atoms with Crippen LogP contribution in [0.2, 0.25) is 0 Å². The number of hydrogen-bond donors (Lipinski definition) is 0. The predicted molar refractivity (Wildman–Crippen MR) is 159 cm³/mol. The molecule has 0 aromatic heterocycles. The number of fused-ring (bicyclic) bond motifs is 6. The average molecular weight is 837 g/mol. The standard InChI is InChI=1S/C21H18N2O2.C10H14.ClH.6FH.Ru.Sb/c1-3-7-14-12(5-1)9-16-20(14)22-18(24-16)11-19-23-21-15-8-4-2-6-13(15)10-17(21)25-19;1-8(2)10-6-4-9(3)5-7-10;;;;;;;;;/h1-8,16-17,20-21H,9-11H2;4-8H,1-3H3;7*1H;;/q;;;;;;;;;+2;+5/p-7/t16-,17-,20+,21+;;;;;;;;;;/m0........../s1. The number of benzene rings is 3. The molecule has 2 heterocycles. The van der Waals surface area contributed by atoms with Gasteiger partial charge in [0.25, 0.3) is 0 Å². The Morgan fingerprint density at radius 1 is 0.727 bits per heavy atom. The molecule has 0 saturated carbocycles. The van der Waals surface area contributed by atoms with Crippen LogP contribution in [0.3, 0.4) is 0 Å². The van der Waals surface area contributed by atoms with Gasteiger partial charge in [0, 0.05) is 12.8 Å². The van der Waals surface area contributed by atoms with Crippen molar-refractivity contribution in [1.29, 1.82) is 0 Å². The van der Waals surface area contributed by atoms with E-state index in [0.29, 0.717) is 12.3 Å². The first-order valence-electron chi connectivity index (χ1n) is 13.9. The summed E-state index contributed by atoms with van der Waals surface area (Å²) in [7, 11) is 4.57. The molecule has 0 amide bonds. The fraction of sp³-hybridized carbons (Fsp3) is 0.355. The van der Waals surface area contributed by atoms with Gasteiger partial charge in [0.2, 0.25) is 0 Å². The largest absolute Gasteiger partial charge is 0.474 e. The quantitative estimate of drug-likeness (QED) is 0.195. The van der Waals surface area contributed by atoms with Crippen molar-refractivity contribution >= 4 is 41.0 Å². The molecule has 7 rings (SSSR count). The monoisotopic (exact) mass is 836 g/mol. The molecule has 0 saturated heterocycles. The molecule has 13 heteroatoms. The van der Waals surface area contributed by atoms with E-state index in [4.69, 9.17) is 19.5 Å². The summed E-state index contributed by atoms with van der Waals surface area (Å²) in [6.07, 6.45) is 2.76. The van der Waals surface area contributed by atoms with E-state index in [0.717, 1.165) is 24.6 Å². The summed E-state index contributed by atoms with van der Waals surface area (Å²) in [6.45, 7) is 6.54. The van der Waals surface area contributed by atoms with E-state index in [9.17, 15) is 16.9 Å². The number of aryl methyl sites for hydroxylation is 1. The summed E-state index contributed by atoms with van der Waals surface area (Å²) in [5.74, 6) is 2.20. The molecule has 4 aliphatic rings. The number of nitrogens with zero attached hydrogens (tertiary/aromatic N) is 2. The first kappa shape index (κ1) is 34.8. The molecular formula is C31H32ClF6N2O2RuSb. The minimum absolute atomic E-state index is 0.147. The van der Waals surface area contributed by atoms with Gasteiger partial charge in [0.15, 0.2) is 11.8 Å². The zero-order valence-electron chi connectivity index (χ0n) is 24.1. The number of hydrogen-bond acceptors (Lipinski definition) is 4. The maximum absolute atomic E-state index is 11.2. The van der Waals surface area contributed by atoms with E-state index in [-0.39, 0.29) is 24.3 Å². The topological polar surface area (TPSA) is 43.2 Å². The summed E-state index contributed by atoms with van der Waals surface area (Å²) in [4.78, 5) is 9.65. The first-order valence-corrected chi connectivity index (χ1v) is 21.9. The Labute approximate surface area is 269 Å². The van der Waals surface area contributed by atoms with Crippen LogP contribution in [-0.4, -0.2) is 43.5 Å². The maximum Gasteiger partial charge on any atom is 0.193 e. The maximum atomic E-state index is 9.93. The van der Waals surface area contributed by atoms with Crippen LogP contribution >= 0.6 is 9.69 Å². The molecule has 3 aromatic carbocycles. The van der Waals surface area contributed by atoms with E-state index in [1.165, 1.54) is 33.4 Å². The SMILES string of the molecule is Cc1ccc(C(C)C)cc1.[Cl][Ru+].[F][Sb-]([F])([F])([F])([F])[F].c1ccc2c(c1)C[C@@H]1OC(CC3=N[C@@H]4c5ccccc5C[C@@H]4O3)=N[C@H]21. The first-order chi connectivity index (χ1) is 20.5. The molecule has 0 radical (unpaired) electrons. The van der Waals surface area contributed by atoms with E-state index >= 15 is 0 Å². The van der Waals surface area contributed by atoms with Crippen molar-refractivity contribution in [1.82, 2.24) is 0 Å². The van der Waals surface area contributed by atoms with Gasteiger partial charge in [-0.2, -0.15) is 0 Å². The van der Waals surface area contributed by atoms with E-state index < -0.39 is 19.5 Å². The Bertz CT molecular complexity index is 1450. The van der Waals surface area contributed by atoms with E-state index in [1.54, 1.807) is 0 Å².